The van der Waals surface area contributed by atoms with Crippen LogP contribution in [-0.2, 0) is 16.5 Å². The Morgan fingerprint density at radius 2 is 2.24 bits per heavy atom. The van der Waals surface area contributed by atoms with Gasteiger partial charge in [0.1, 0.15) is 6.10 Å². The highest BCUT2D eigenvalue weighted by atomic mass is 16.5. The fourth-order valence-corrected chi connectivity index (χ4v) is 1.68. The summed E-state index contributed by atoms with van der Waals surface area (Å²) in [6, 6.07) is 0.00162. The molecule has 2 N–H and O–H groups in total. The highest BCUT2D eigenvalue weighted by molar-refractivity contribution is 5.10. The van der Waals surface area contributed by atoms with Crippen molar-refractivity contribution in [2.75, 3.05) is 20.3 Å². The van der Waals surface area contributed by atoms with Crippen molar-refractivity contribution in [2.45, 2.75) is 31.9 Å². The molecular formula is C12H23N3O2. The molecule has 2 unspecified atom stereocenters. The molecule has 1 heterocycles. The van der Waals surface area contributed by atoms with E-state index in [1.54, 1.807) is 11.8 Å². The SMILES string of the molecule is CCC(N)C(OCCCOC)c1cnn(C)c1. The third kappa shape index (κ3) is 4.46. The minimum absolute atomic E-state index is 0.00162. The van der Waals surface area contributed by atoms with Crippen LogP contribution in [0.2, 0.25) is 0 Å². The average molecular weight is 241 g/mol. The van der Waals surface area contributed by atoms with Crippen LogP contribution in [0.5, 0.6) is 0 Å². The van der Waals surface area contributed by atoms with Crippen molar-refractivity contribution >= 4 is 0 Å². The van der Waals surface area contributed by atoms with Gasteiger partial charge in [0.15, 0.2) is 0 Å². The summed E-state index contributed by atoms with van der Waals surface area (Å²) in [5.41, 5.74) is 7.12. The van der Waals surface area contributed by atoms with Crippen molar-refractivity contribution in [1.82, 2.24) is 9.78 Å². The van der Waals surface area contributed by atoms with E-state index in [0.717, 1.165) is 18.4 Å². The molecule has 1 rings (SSSR count). The van der Waals surface area contributed by atoms with Crippen LogP contribution in [0.25, 0.3) is 0 Å². The second-order valence-corrected chi connectivity index (χ2v) is 4.16. The highest BCUT2D eigenvalue weighted by Crippen LogP contribution is 2.21. The Kier molecular flexibility index (Phi) is 6.18. The normalized spacial score (nSPS) is 14.8. The summed E-state index contributed by atoms with van der Waals surface area (Å²) < 4.78 is 12.6. The number of methoxy groups -OCH3 is 1. The minimum Gasteiger partial charge on any atom is -0.385 e. The lowest BCUT2D eigenvalue weighted by molar-refractivity contribution is 0.0222. The zero-order valence-corrected chi connectivity index (χ0v) is 10.9. The van der Waals surface area contributed by atoms with Gasteiger partial charge in [-0.25, -0.2) is 0 Å². The van der Waals surface area contributed by atoms with Crippen molar-refractivity contribution in [2.24, 2.45) is 12.8 Å². The molecule has 0 aliphatic rings. The average Bonchev–Trinajstić information content (AvgIpc) is 2.75. The Morgan fingerprint density at radius 1 is 1.47 bits per heavy atom. The van der Waals surface area contributed by atoms with E-state index >= 15 is 0 Å². The quantitative estimate of drug-likeness (QED) is 0.696. The first kappa shape index (κ1) is 14.2. The summed E-state index contributed by atoms with van der Waals surface area (Å²) >= 11 is 0. The number of nitrogens with two attached hydrogens (primary N) is 1. The Labute approximate surface area is 103 Å². The lowest BCUT2D eigenvalue weighted by atomic mass is 10.0. The molecule has 1 aromatic rings. The second kappa shape index (κ2) is 7.42. The van der Waals surface area contributed by atoms with Gasteiger partial charge in [0, 0.05) is 45.2 Å². The Bertz CT molecular complexity index is 314. The van der Waals surface area contributed by atoms with Crippen molar-refractivity contribution < 1.29 is 9.47 Å². The molecule has 5 heteroatoms. The van der Waals surface area contributed by atoms with Gasteiger partial charge in [0.2, 0.25) is 0 Å². The molecule has 0 amide bonds. The second-order valence-electron chi connectivity index (χ2n) is 4.16. The zero-order valence-electron chi connectivity index (χ0n) is 10.9. The van der Waals surface area contributed by atoms with Gasteiger partial charge in [-0.15, -0.1) is 0 Å². The largest absolute Gasteiger partial charge is 0.385 e. The molecule has 1 aromatic heterocycles. The molecule has 0 spiro atoms. The summed E-state index contributed by atoms with van der Waals surface area (Å²) in [4.78, 5) is 0. The van der Waals surface area contributed by atoms with Crippen LogP contribution >= 0.6 is 0 Å². The maximum Gasteiger partial charge on any atom is 0.101 e. The molecule has 0 bridgehead atoms. The number of ether oxygens (including phenoxy) is 2. The number of hydrogen-bond donors (Lipinski definition) is 1. The molecule has 0 radical (unpaired) electrons. The van der Waals surface area contributed by atoms with E-state index in [9.17, 15) is 0 Å². The molecule has 0 aliphatic carbocycles. The van der Waals surface area contributed by atoms with E-state index in [1.807, 2.05) is 19.4 Å². The molecule has 0 saturated carbocycles. The van der Waals surface area contributed by atoms with Crippen molar-refractivity contribution in [3.05, 3.63) is 18.0 Å². The van der Waals surface area contributed by atoms with Crippen LogP contribution in [0.15, 0.2) is 12.4 Å². The topological polar surface area (TPSA) is 62.3 Å². The van der Waals surface area contributed by atoms with Gasteiger partial charge in [-0.05, 0) is 12.8 Å². The standard InChI is InChI=1S/C12H23N3O2/c1-4-11(13)12(17-7-5-6-16-3)10-8-14-15(2)9-10/h8-9,11-12H,4-7,13H2,1-3H3. The van der Waals surface area contributed by atoms with Gasteiger partial charge in [0.05, 0.1) is 6.20 Å². The van der Waals surface area contributed by atoms with E-state index in [0.29, 0.717) is 13.2 Å². The van der Waals surface area contributed by atoms with Gasteiger partial charge in [-0.3, -0.25) is 4.68 Å². The molecule has 98 valence electrons. The van der Waals surface area contributed by atoms with Gasteiger partial charge in [-0.1, -0.05) is 6.92 Å². The first-order valence-corrected chi connectivity index (χ1v) is 6.03. The zero-order chi connectivity index (χ0) is 12.7. The van der Waals surface area contributed by atoms with E-state index in [2.05, 4.69) is 12.0 Å². The molecular weight excluding hydrogens is 218 g/mol. The lowest BCUT2D eigenvalue weighted by Gasteiger charge is -2.22. The predicted octanol–water partition coefficient (Wildman–Crippen LogP) is 1.25. The molecule has 5 nitrogen and oxygen atoms in total. The first-order valence-electron chi connectivity index (χ1n) is 6.03. The van der Waals surface area contributed by atoms with Crippen LogP contribution in [0.4, 0.5) is 0 Å². The third-order valence-corrected chi connectivity index (χ3v) is 2.70. The van der Waals surface area contributed by atoms with Crippen LogP contribution < -0.4 is 5.73 Å². The van der Waals surface area contributed by atoms with Gasteiger partial charge in [0.25, 0.3) is 0 Å². The summed E-state index contributed by atoms with van der Waals surface area (Å²) in [7, 11) is 3.58. The minimum atomic E-state index is -0.0782. The van der Waals surface area contributed by atoms with E-state index in [1.165, 1.54) is 0 Å². The van der Waals surface area contributed by atoms with E-state index in [-0.39, 0.29) is 12.1 Å². The van der Waals surface area contributed by atoms with Gasteiger partial charge >= 0.3 is 0 Å². The Hall–Kier alpha value is -0.910. The summed E-state index contributed by atoms with van der Waals surface area (Å²) in [5, 5.41) is 4.16. The fourth-order valence-electron chi connectivity index (χ4n) is 1.68. The number of hydrogen-bond acceptors (Lipinski definition) is 4. The van der Waals surface area contributed by atoms with Gasteiger partial charge < -0.3 is 15.2 Å². The highest BCUT2D eigenvalue weighted by Gasteiger charge is 2.20. The number of aromatic nitrogens is 2. The Balaban J connectivity index is 2.55. The van der Waals surface area contributed by atoms with Gasteiger partial charge in [-0.2, -0.15) is 5.10 Å². The molecule has 0 fully saturated rings. The van der Waals surface area contributed by atoms with Crippen LogP contribution in [-0.4, -0.2) is 36.1 Å². The van der Waals surface area contributed by atoms with E-state index in [4.69, 9.17) is 15.2 Å². The smallest absolute Gasteiger partial charge is 0.101 e. The predicted molar refractivity (Wildman–Crippen MR) is 66.7 cm³/mol. The van der Waals surface area contributed by atoms with Crippen molar-refractivity contribution in [3.8, 4) is 0 Å². The third-order valence-electron chi connectivity index (χ3n) is 2.70. The summed E-state index contributed by atoms with van der Waals surface area (Å²) in [6.45, 7) is 3.43. The summed E-state index contributed by atoms with van der Waals surface area (Å²) in [5.74, 6) is 0. The van der Waals surface area contributed by atoms with Crippen molar-refractivity contribution in [1.29, 1.82) is 0 Å². The van der Waals surface area contributed by atoms with Crippen LogP contribution in [0.3, 0.4) is 0 Å². The molecule has 17 heavy (non-hydrogen) atoms. The Morgan fingerprint density at radius 3 is 2.76 bits per heavy atom. The fraction of sp³-hybridized carbons (Fsp3) is 0.750. The molecule has 0 aliphatic heterocycles. The number of nitrogens with zero attached hydrogens (tertiary/aromatic N) is 2. The molecule has 0 aromatic carbocycles. The maximum absolute atomic E-state index is 6.08. The lowest BCUT2D eigenvalue weighted by Crippen LogP contribution is -2.29. The maximum atomic E-state index is 6.08. The summed E-state index contributed by atoms with van der Waals surface area (Å²) in [6.07, 6.45) is 5.45. The van der Waals surface area contributed by atoms with Crippen LogP contribution in [0.1, 0.15) is 31.4 Å². The number of rotatable bonds is 8. The monoisotopic (exact) mass is 241 g/mol. The van der Waals surface area contributed by atoms with E-state index < -0.39 is 0 Å². The van der Waals surface area contributed by atoms with Crippen LogP contribution in [0, 0.1) is 0 Å². The molecule has 0 saturated heterocycles. The first-order chi connectivity index (χ1) is 8.19. The van der Waals surface area contributed by atoms with Crippen molar-refractivity contribution in [3.63, 3.8) is 0 Å². The molecule has 2 atom stereocenters. The number of aryl methyl sites for hydroxylation is 1.